The molecule has 3 N–H and O–H groups in total. The number of aliphatic hydroxyl groups excluding tert-OH is 2. The van der Waals surface area contributed by atoms with Crippen molar-refractivity contribution in [2.45, 2.75) is 173 Å². The molecule has 0 aromatic heterocycles. The van der Waals surface area contributed by atoms with Gasteiger partial charge in [0.05, 0.1) is 37.1 Å². The van der Waals surface area contributed by atoms with Gasteiger partial charge in [-0.2, -0.15) is 0 Å². The van der Waals surface area contributed by atoms with E-state index in [1.165, 1.54) is 37.3 Å². The van der Waals surface area contributed by atoms with Crippen molar-refractivity contribution in [2.24, 2.45) is 29.6 Å². The number of hydrogen-bond acceptors (Lipinski definition) is 13. The van der Waals surface area contributed by atoms with E-state index in [9.17, 15) is 38.9 Å². The average molecular weight is 930 g/mol. The minimum Gasteiger partial charge on any atom is -0.456 e. The first-order valence-corrected chi connectivity index (χ1v) is 24.0. The SMILES string of the molecule is CCC1/C=C(\C)CC(C)CC(OC)C2OC(O)(C(=O)C(=O)N3CCCCC3C(=O)OC(C(C)=CC3CCC(OCC(O)c4cccc(F)c4)C(OC)C3)C(C)C(O)CC1=O)C(C)CC2OC. The summed E-state index contributed by atoms with van der Waals surface area (Å²) in [6.07, 6.45) is 2.53. The molecule has 4 aliphatic rings. The fraction of sp³-hybridized carbons (Fsp3) is 0.725. The number of aliphatic hydroxyl groups is 3. The van der Waals surface area contributed by atoms with Crippen LogP contribution >= 0.6 is 0 Å². The number of carbonyl (C=O) groups excluding carboxylic acids is 4. The second-order valence-corrected chi connectivity index (χ2v) is 19.5. The van der Waals surface area contributed by atoms with Crippen molar-refractivity contribution in [3.63, 3.8) is 0 Å². The number of ether oxygens (including phenoxy) is 6. The molecular weight excluding hydrogens is 854 g/mol. The van der Waals surface area contributed by atoms with E-state index in [0.717, 1.165) is 5.57 Å². The number of rotatable bonds is 10. The summed E-state index contributed by atoms with van der Waals surface area (Å²) in [6, 6.07) is 4.58. The monoisotopic (exact) mass is 930 g/mol. The molecule has 5 rings (SSSR count). The molecule has 3 aliphatic heterocycles. The summed E-state index contributed by atoms with van der Waals surface area (Å²) in [5, 5.41) is 34.6. The summed E-state index contributed by atoms with van der Waals surface area (Å²) >= 11 is 0. The van der Waals surface area contributed by atoms with E-state index in [1.54, 1.807) is 27.0 Å². The quantitative estimate of drug-likeness (QED) is 0.134. The highest BCUT2D eigenvalue weighted by molar-refractivity contribution is 6.39. The van der Waals surface area contributed by atoms with Gasteiger partial charge in [0.1, 0.15) is 36.0 Å². The van der Waals surface area contributed by atoms with Gasteiger partial charge in [-0.15, -0.1) is 0 Å². The van der Waals surface area contributed by atoms with E-state index in [1.807, 2.05) is 39.8 Å². The van der Waals surface area contributed by atoms with Crippen LogP contribution in [0.1, 0.15) is 124 Å². The van der Waals surface area contributed by atoms with Crippen LogP contribution in [0.15, 0.2) is 47.6 Å². The molecule has 14 nitrogen and oxygen atoms in total. The third kappa shape index (κ3) is 13.0. The molecule has 15 atom stereocenters. The number of amides is 1. The minimum atomic E-state index is -2.53. The van der Waals surface area contributed by atoms with Crippen LogP contribution < -0.4 is 0 Å². The summed E-state index contributed by atoms with van der Waals surface area (Å²) in [6.45, 7) is 11.1. The van der Waals surface area contributed by atoms with Crippen LogP contribution in [0.5, 0.6) is 0 Å². The van der Waals surface area contributed by atoms with Crippen molar-refractivity contribution in [1.29, 1.82) is 0 Å². The summed E-state index contributed by atoms with van der Waals surface area (Å²) in [4.78, 5) is 58.3. The van der Waals surface area contributed by atoms with Crippen LogP contribution in [-0.4, -0.2) is 133 Å². The van der Waals surface area contributed by atoms with Gasteiger partial charge < -0.3 is 48.6 Å². The fourth-order valence-electron chi connectivity index (χ4n) is 10.6. The molecule has 1 aromatic carbocycles. The first kappa shape index (κ1) is 53.5. The zero-order valence-electron chi connectivity index (χ0n) is 40.5. The van der Waals surface area contributed by atoms with Gasteiger partial charge in [0.15, 0.2) is 0 Å². The molecule has 3 heterocycles. The second kappa shape index (κ2) is 24.2. The molecule has 2 bridgehead atoms. The maximum absolute atomic E-state index is 14.5. The van der Waals surface area contributed by atoms with Gasteiger partial charge in [-0.25, -0.2) is 9.18 Å². The van der Waals surface area contributed by atoms with Crippen molar-refractivity contribution in [3.8, 4) is 0 Å². The van der Waals surface area contributed by atoms with Crippen LogP contribution in [0.4, 0.5) is 4.39 Å². The predicted molar refractivity (Wildman–Crippen MR) is 243 cm³/mol. The number of esters is 1. The zero-order chi connectivity index (χ0) is 48.5. The standard InChI is InChI=1S/C51H76FNO13/c1-10-35-21-29(2)20-30(3)22-44(62-8)47-45(63-9)24-32(5)51(60,66-47)48(57)49(58)53-19-12-11-16-38(53)50(59)65-46(33(6)39(54)27-40(35)55)31(4)23-34-17-18-42(43(25-34)61-7)64-28-41(56)36-14-13-15-37(52)26-36/h13-15,21,23,26,30,32-35,38-39,41-47,54,56,60H,10-12,16-20,22,24-25,27-28H2,1-9H3/b29-21+,31-23?. The number of piperidine rings is 1. The van der Waals surface area contributed by atoms with Gasteiger partial charge in [0.2, 0.25) is 5.79 Å². The van der Waals surface area contributed by atoms with Gasteiger partial charge in [0.25, 0.3) is 11.7 Å². The minimum absolute atomic E-state index is 0.0126. The van der Waals surface area contributed by atoms with E-state index >= 15 is 0 Å². The summed E-state index contributed by atoms with van der Waals surface area (Å²) in [5.74, 6) is -8.27. The number of cyclic esters (lactones) is 1. The van der Waals surface area contributed by atoms with Crippen molar-refractivity contribution in [1.82, 2.24) is 4.90 Å². The third-order valence-corrected chi connectivity index (χ3v) is 14.6. The lowest BCUT2D eigenvalue weighted by atomic mass is 9.81. The van der Waals surface area contributed by atoms with Gasteiger partial charge in [-0.1, -0.05) is 57.6 Å². The predicted octanol–water partition coefficient (Wildman–Crippen LogP) is 6.37. The number of allylic oxidation sites excluding steroid dienone is 3. The zero-order valence-corrected chi connectivity index (χ0v) is 40.5. The molecule has 3 fully saturated rings. The van der Waals surface area contributed by atoms with Gasteiger partial charge >= 0.3 is 5.97 Å². The first-order valence-electron chi connectivity index (χ1n) is 24.0. The topological polar surface area (TPSA) is 188 Å². The highest BCUT2D eigenvalue weighted by Gasteiger charge is 2.56. The number of halogens is 1. The number of hydrogen-bond donors (Lipinski definition) is 3. The van der Waals surface area contributed by atoms with Crippen molar-refractivity contribution in [2.75, 3.05) is 34.5 Å². The Morgan fingerprint density at radius 2 is 1.65 bits per heavy atom. The summed E-state index contributed by atoms with van der Waals surface area (Å²) in [7, 11) is 4.64. The van der Waals surface area contributed by atoms with Gasteiger partial charge in [0, 0.05) is 52.0 Å². The number of fused-ring (bicyclic) bond motifs is 3. The Labute approximate surface area is 390 Å². The average Bonchev–Trinajstić information content (AvgIpc) is 3.30. The van der Waals surface area contributed by atoms with E-state index in [4.69, 9.17) is 28.4 Å². The summed E-state index contributed by atoms with van der Waals surface area (Å²) < 4.78 is 50.2. The summed E-state index contributed by atoms with van der Waals surface area (Å²) in [5.41, 5.74) is 2.02. The van der Waals surface area contributed by atoms with E-state index in [-0.39, 0.29) is 62.2 Å². The number of carbonyl (C=O) groups is 4. The molecular formula is C51H76FNO13. The number of benzene rings is 1. The highest BCUT2D eigenvalue weighted by atomic mass is 19.1. The van der Waals surface area contributed by atoms with Gasteiger partial charge in [-0.05, 0) is 113 Å². The molecule has 66 heavy (non-hydrogen) atoms. The molecule has 2 saturated heterocycles. The Balaban J connectivity index is 1.45. The fourth-order valence-corrected chi connectivity index (χ4v) is 10.6. The Morgan fingerprint density at radius 3 is 2.32 bits per heavy atom. The Hall–Kier alpha value is -3.41. The molecule has 1 saturated carbocycles. The molecule has 1 aliphatic carbocycles. The lowest BCUT2D eigenvalue weighted by Gasteiger charge is -2.47. The normalized spacial score (nSPS) is 37.5. The molecule has 15 unspecified atom stereocenters. The van der Waals surface area contributed by atoms with Crippen LogP contribution in [-0.2, 0) is 47.6 Å². The maximum atomic E-state index is 14.5. The van der Waals surface area contributed by atoms with Crippen LogP contribution in [0.25, 0.3) is 0 Å². The Morgan fingerprint density at radius 1 is 0.955 bits per heavy atom. The van der Waals surface area contributed by atoms with Crippen molar-refractivity contribution in [3.05, 3.63) is 58.9 Å². The lowest BCUT2D eigenvalue weighted by molar-refractivity contribution is -0.302. The number of methoxy groups -OCH3 is 3. The molecule has 370 valence electrons. The Bertz CT molecular complexity index is 1870. The van der Waals surface area contributed by atoms with Crippen LogP contribution in [0, 0.1) is 35.4 Å². The smallest absolute Gasteiger partial charge is 0.329 e. The van der Waals surface area contributed by atoms with Crippen LogP contribution in [0.2, 0.25) is 0 Å². The van der Waals surface area contributed by atoms with Gasteiger partial charge in [-0.3, -0.25) is 14.4 Å². The van der Waals surface area contributed by atoms with E-state index in [2.05, 4.69) is 0 Å². The van der Waals surface area contributed by atoms with E-state index in [0.29, 0.717) is 62.5 Å². The third-order valence-electron chi connectivity index (χ3n) is 14.6. The molecule has 0 spiro atoms. The highest BCUT2D eigenvalue weighted by Crippen LogP contribution is 2.39. The van der Waals surface area contributed by atoms with Crippen molar-refractivity contribution < 1.29 is 67.3 Å². The molecule has 1 aromatic rings. The van der Waals surface area contributed by atoms with Crippen LogP contribution in [0.3, 0.4) is 0 Å². The second-order valence-electron chi connectivity index (χ2n) is 19.5. The molecule has 0 radical (unpaired) electrons. The number of nitrogens with zero attached hydrogens (tertiary/aromatic N) is 1. The number of Topliss-reactive ketones (excluding diaryl/α,β-unsaturated/α-hetero) is 2. The molecule has 1 amide bonds. The molecule has 15 heteroatoms. The lowest BCUT2D eigenvalue weighted by Crippen LogP contribution is -2.64. The van der Waals surface area contributed by atoms with E-state index < -0.39 is 89.7 Å². The van der Waals surface area contributed by atoms with Crippen molar-refractivity contribution >= 4 is 23.4 Å². The number of ketones is 2. The first-order chi connectivity index (χ1) is 31.3. The largest absolute Gasteiger partial charge is 0.456 e. The maximum Gasteiger partial charge on any atom is 0.329 e. The Kier molecular flexibility index (Phi) is 19.7.